The molecule has 0 unspecified atom stereocenters. The molecule has 2 aromatic rings. The molecule has 0 aliphatic rings. The van der Waals surface area contributed by atoms with Crippen LogP contribution in [-0.2, 0) is 16.1 Å². The quantitative estimate of drug-likeness (QED) is 0.716. The van der Waals surface area contributed by atoms with E-state index >= 15 is 0 Å². The van der Waals surface area contributed by atoms with Crippen molar-refractivity contribution in [2.24, 2.45) is 0 Å². The summed E-state index contributed by atoms with van der Waals surface area (Å²) in [7, 11) is 0. The SMILES string of the molecule is Cc1cc(C)c(NC(=O)COC(=O)c2cc(C)n(CC(F)(F)F)c2C)c(Cl)c1. The van der Waals surface area contributed by atoms with Crippen LogP contribution < -0.4 is 5.32 Å². The zero-order valence-corrected chi connectivity index (χ0v) is 16.6. The van der Waals surface area contributed by atoms with Gasteiger partial charge in [0.05, 0.1) is 16.3 Å². The number of anilines is 1. The number of aromatic nitrogens is 1. The predicted octanol–water partition coefficient (Wildman–Crippen LogP) is 4.73. The number of amides is 1. The Morgan fingerprint density at radius 2 is 1.79 bits per heavy atom. The highest BCUT2D eigenvalue weighted by atomic mass is 35.5. The Balaban J connectivity index is 2.05. The lowest BCUT2D eigenvalue weighted by molar-refractivity contribution is -0.141. The fourth-order valence-electron chi connectivity index (χ4n) is 2.89. The summed E-state index contributed by atoms with van der Waals surface area (Å²) in [6.07, 6.45) is -4.42. The van der Waals surface area contributed by atoms with Gasteiger partial charge >= 0.3 is 12.1 Å². The zero-order valence-electron chi connectivity index (χ0n) is 15.8. The first-order valence-electron chi connectivity index (χ1n) is 8.36. The summed E-state index contributed by atoms with van der Waals surface area (Å²) in [6, 6.07) is 4.83. The molecule has 9 heteroatoms. The number of nitrogens with zero attached hydrogens (tertiary/aromatic N) is 1. The van der Waals surface area contributed by atoms with E-state index in [1.165, 1.54) is 19.9 Å². The van der Waals surface area contributed by atoms with Crippen molar-refractivity contribution in [1.29, 1.82) is 0 Å². The number of hydrogen-bond acceptors (Lipinski definition) is 3. The van der Waals surface area contributed by atoms with Crippen LogP contribution in [0.5, 0.6) is 0 Å². The summed E-state index contributed by atoms with van der Waals surface area (Å²) in [4.78, 5) is 24.3. The van der Waals surface area contributed by atoms with Crippen molar-refractivity contribution in [2.45, 2.75) is 40.4 Å². The molecule has 2 rings (SSSR count). The van der Waals surface area contributed by atoms with Crippen molar-refractivity contribution >= 4 is 29.2 Å². The molecule has 0 aliphatic heterocycles. The summed E-state index contributed by atoms with van der Waals surface area (Å²) in [5.74, 6) is -1.48. The number of nitrogens with one attached hydrogen (secondary N) is 1. The first-order chi connectivity index (χ1) is 12.9. The highest BCUT2D eigenvalue weighted by Crippen LogP contribution is 2.27. The molecule has 5 nitrogen and oxygen atoms in total. The van der Waals surface area contributed by atoms with E-state index in [0.29, 0.717) is 10.7 Å². The summed E-state index contributed by atoms with van der Waals surface area (Å²) in [5, 5.41) is 2.93. The second kappa shape index (κ2) is 8.26. The van der Waals surface area contributed by atoms with Gasteiger partial charge in [-0.3, -0.25) is 4.79 Å². The molecule has 1 heterocycles. The van der Waals surface area contributed by atoms with Crippen LogP contribution in [0.4, 0.5) is 18.9 Å². The molecule has 0 atom stereocenters. The van der Waals surface area contributed by atoms with Gasteiger partial charge in [-0.1, -0.05) is 17.7 Å². The fourth-order valence-corrected chi connectivity index (χ4v) is 3.26. The van der Waals surface area contributed by atoms with Gasteiger partial charge in [0.1, 0.15) is 6.54 Å². The van der Waals surface area contributed by atoms with Crippen molar-refractivity contribution in [3.05, 3.63) is 51.3 Å². The van der Waals surface area contributed by atoms with E-state index in [-0.39, 0.29) is 17.0 Å². The van der Waals surface area contributed by atoms with Gasteiger partial charge in [0, 0.05) is 11.4 Å². The van der Waals surface area contributed by atoms with E-state index in [2.05, 4.69) is 5.32 Å². The van der Waals surface area contributed by atoms with Crippen molar-refractivity contribution in [3.63, 3.8) is 0 Å². The first-order valence-corrected chi connectivity index (χ1v) is 8.74. The largest absolute Gasteiger partial charge is 0.452 e. The minimum absolute atomic E-state index is 0.0147. The van der Waals surface area contributed by atoms with E-state index < -0.39 is 31.2 Å². The number of rotatable bonds is 5. The van der Waals surface area contributed by atoms with Crippen LogP contribution in [0.25, 0.3) is 0 Å². The van der Waals surface area contributed by atoms with E-state index in [0.717, 1.165) is 15.7 Å². The fraction of sp³-hybridized carbons (Fsp3) is 0.368. The topological polar surface area (TPSA) is 60.3 Å². The molecule has 1 aromatic heterocycles. The maximum atomic E-state index is 12.7. The Labute approximate surface area is 165 Å². The van der Waals surface area contributed by atoms with Crippen LogP contribution in [0.3, 0.4) is 0 Å². The number of benzene rings is 1. The minimum atomic E-state index is -4.42. The number of hydrogen-bond donors (Lipinski definition) is 1. The molecule has 0 radical (unpaired) electrons. The van der Waals surface area contributed by atoms with Gasteiger partial charge in [0.25, 0.3) is 5.91 Å². The minimum Gasteiger partial charge on any atom is -0.452 e. The summed E-state index contributed by atoms with van der Waals surface area (Å²) in [5.41, 5.74) is 2.48. The van der Waals surface area contributed by atoms with Crippen molar-refractivity contribution in [3.8, 4) is 0 Å². The van der Waals surface area contributed by atoms with Gasteiger partial charge in [-0.2, -0.15) is 13.2 Å². The average molecular weight is 417 g/mol. The third-order valence-electron chi connectivity index (χ3n) is 4.16. The lowest BCUT2D eigenvalue weighted by Gasteiger charge is -2.13. The Kier molecular flexibility index (Phi) is 6.44. The standard InChI is InChI=1S/C19H20ClF3N2O3/c1-10-5-11(2)17(15(20)6-10)24-16(26)8-28-18(27)14-7-12(3)25(13(14)4)9-19(21,22)23/h5-7H,8-9H2,1-4H3,(H,24,26). The van der Waals surface area contributed by atoms with Crippen molar-refractivity contribution in [2.75, 3.05) is 11.9 Å². The molecule has 0 bridgehead atoms. The number of halogens is 4. The zero-order chi connectivity index (χ0) is 21.2. The summed E-state index contributed by atoms with van der Waals surface area (Å²) >= 11 is 6.11. The molecule has 0 saturated carbocycles. The molecule has 1 aromatic carbocycles. The molecular formula is C19H20ClF3N2O3. The van der Waals surface area contributed by atoms with Crippen LogP contribution in [0.1, 0.15) is 32.9 Å². The predicted molar refractivity (Wildman–Crippen MR) is 99.8 cm³/mol. The van der Waals surface area contributed by atoms with Gasteiger partial charge in [-0.25, -0.2) is 4.79 Å². The number of aryl methyl sites for hydroxylation is 3. The lowest BCUT2D eigenvalue weighted by Crippen LogP contribution is -2.22. The maximum absolute atomic E-state index is 12.7. The van der Waals surface area contributed by atoms with Crippen LogP contribution in [0.15, 0.2) is 18.2 Å². The van der Waals surface area contributed by atoms with Crippen LogP contribution in [0, 0.1) is 27.7 Å². The first kappa shape index (κ1) is 21.8. The normalized spacial score (nSPS) is 11.4. The molecule has 0 saturated heterocycles. The van der Waals surface area contributed by atoms with Gasteiger partial charge in [0.2, 0.25) is 0 Å². The molecular weight excluding hydrogens is 397 g/mol. The van der Waals surface area contributed by atoms with Crippen molar-refractivity contribution < 1.29 is 27.5 Å². The van der Waals surface area contributed by atoms with E-state index in [9.17, 15) is 22.8 Å². The molecule has 0 spiro atoms. The van der Waals surface area contributed by atoms with E-state index in [4.69, 9.17) is 16.3 Å². The van der Waals surface area contributed by atoms with Gasteiger partial charge in [-0.05, 0) is 51.0 Å². The molecule has 152 valence electrons. The van der Waals surface area contributed by atoms with Gasteiger partial charge in [0.15, 0.2) is 6.61 Å². The van der Waals surface area contributed by atoms with Crippen LogP contribution >= 0.6 is 11.6 Å². The second-order valence-corrected chi connectivity index (χ2v) is 6.96. The van der Waals surface area contributed by atoms with E-state index in [1.54, 1.807) is 13.0 Å². The maximum Gasteiger partial charge on any atom is 0.406 e. The number of carbonyl (C=O) groups is 2. The number of alkyl halides is 3. The Morgan fingerprint density at radius 1 is 1.14 bits per heavy atom. The molecule has 28 heavy (non-hydrogen) atoms. The molecule has 0 aliphatic carbocycles. The number of ether oxygens (including phenoxy) is 1. The van der Waals surface area contributed by atoms with Gasteiger partial charge < -0.3 is 14.6 Å². The van der Waals surface area contributed by atoms with Crippen LogP contribution in [0.2, 0.25) is 5.02 Å². The third kappa shape index (κ3) is 5.28. The Bertz CT molecular complexity index is 897. The highest BCUT2D eigenvalue weighted by molar-refractivity contribution is 6.34. The molecule has 0 fully saturated rings. The lowest BCUT2D eigenvalue weighted by atomic mass is 10.1. The molecule has 1 amide bonds. The van der Waals surface area contributed by atoms with E-state index in [1.807, 2.05) is 13.0 Å². The second-order valence-electron chi connectivity index (χ2n) is 6.55. The monoisotopic (exact) mass is 416 g/mol. The summed E-state index contributed by atoms with van der Waals surface area (Å²) in [6.45, 7) is 4.70. The Hall–Kier alpha value is -2.48. The summed E-state index contributed by atoms with van der Waals surface area (Å²) < 4.78 is 43.9. The number of esters is 1. The van der Waals surface area contributed by atoms with Crippen molar-refractivity contribution in [1.82, 2.24) is 4.57 Å². The van der Waals surface area contributed by atoms with Crippen LogP contribution in [-0.4, -0.2) is 29.2 Å². The Morgan fingerprint density at radius 3 is 2.36 bits per heavy atom. The van der Waals surface area contributed by atoms with Gasteiger partial charge in [-0.15, -0.1) is 0 Å². The number of carbonyl (C=O) groups excluding carboxylic acids is 2. The smallest absolute Gasteiger partial charge is 0.406 e. The average Bonchev–Trinajstić information content (AvgIpc) is 2.82. The third-order valence-corrected chi connectivity index (χ3v) is 4.46. The molecule has 1 N–H and O–H groups in total. The highest BCUT2D eigenvalue weighted by Gasteiger charge is 2.30.